The minimum atomic E-state index is -1.82. The topological polar surface area (TPSA) is 95.9 Å². The number of amides is 1. The Balaban J connectivity index is 3.00. The zero-order valence-corrected chi connectivity index (χ0v) is 12.7. The SMILES string of the molecule is C#Cc1ccc([C@H](NC(=O)OC(C)(C)C)[C@@H](O)C(=O)O)cc1. The number of hydrogen-bond donors (Lipinski definition) is 3. The summed E-state index contributed by atoms with van der Waals surface area (Å²) in [6, 6.07) is 5.12. The van der Waals surface area contributed by atoms with Crippen LogP contribution in [0.15, 0.2) is 24.3 Å². The molecule has 118 valence electrons. The van der Waals surface area contributed by atoms with Crippen LogP contribution in [-0.4, -0.2) is 34.0 Å². The summed E-state index contributed by atoms with van der Waals surface area (Å²) in [7, 11) is 0. The molecule has 1 aromatic rings. The van der Waals surface area contributed by atoms with Gasteiger partial charge in [-0.25, -0.2) is 9.59 Å². The smallest absolute Gasteiger partial charge is 0.408 e. The van der Waals surface area contributed by atoms with Gasteiger partial charge in [-0.2, -0.15) is 0 Å². The summed E-state index contributed by atoms with van der Waals surface area (Å²) in [4.78, 5) is 22.9. The van der Waals surface area contributed by atoms with Gasteiger partial charge in [0.2, 0.25) is 0 Å². The largest absolute Gasteiger partial charge is 0.479 e. The number of carbonyl (C=O) groups is 2. The fourth-order valence-corrected chi connectivity index (χ4v) is 1.71. The van der Waals surface area contributed by atoms with Crippen LogP contribution in [0, 0.1) is 12.3 Å². The number of rotatable bonds is 4. The van der Waals surface area contributed by atoms with Gasteiger partial charge in [0, 0.05) is 5.56 Å². The van der Waals surface area contributed by atoms with Gasteiger partial charge in [0.1, 0.15) is 5.60 Å². The molecule has 22 heavy (non-hydrogen) atoms. The Morgan fingerprint density at radius 3 is 2.23 bits per heavy atom. The van der Waals surface area contributed by atoms with Crippen molar-refractivity contribution in [3.63, 3.8) is 0 Å². The van der Waals surface area contributed by atoms with E-state index in [2.05, 4.69) is 11.2 Å². The number of ether oxygens (including phenoxy) is 1. The van der Waals surface area contributed by atoms with E-state index in [4.69, 9.17) is 16.3 Å². The summed E-state index contributed by atoms with van der Waals surface area (Å²) in [6.45, 7) is 5.03. The molecule has 2 atom stereocenters. The molecule has 0 saturated heterocycles. The Morgan fingerprint density at radius 2 is 1.82 bits per heavy atom. The van der Waals surface area contributed by atoms with Crippen LogP contribution >= 0.6 is 0 Å². The highest BCUT2D eigenvalue weighted by Gasteiger charge is 2.30. The van der Waals surface area contributed by atoms with Gasteiger partial charge in [0.25, 0.3) is 0 Å². The highest BCUT2D eigenvalue weighted by atomic mass is 16.6. The Kier molecular flexibility index (Phi) is 5.55. The number of benzene rings is 1. The van der Waals surface area contributed by atoms with Crippen molar-refractivity contribution in [2.24, 2.45) is 0 Å². The summed E-state index contributed by atoms with van der Waals surface area (Å²) < 4.78 is 5.08. The van der Waals surface area contributed by atoms with Gasteiger partial charge in [-0.05, 0) is 38.5 Å². The van der Waals surface area contributed by atoms with E-state index in [9.17, 15) is 14.7 Å². The van der Waals surface area contributed by atoms with E-state index < -0.39 is 29.8 Å². The molecule has 0 aliphatic heterocycles. The number of carboxylic acids is 1. The maximum absolute atomic E-state index is 11.8. The second-order valence-corrected chi connectivity index (χ2v) is 5.67. The first kappa shape index (κ1) is 17.5. The molecule has 6 nitrogen and oxygen atoms in total. The van der Waals surface area contributed by atoms with Gasteiger partial charge in [-0.1, -0.05) is 18.1 Å². The van der Waals surface area contributed by atoms with Crippen LogP contribution in [0.2, 0.25) is 0 Å². The van der Waals surface area contributed by atoms with Crippen molar-refractivity contribution < 1.29 is 24.5 Å². The number of alkyl carbamates (subject to hydrolysis) is 1. The van der Waals surface area contributed by atoms with Crippen LogP contribution in [-0.2, 0) is 9.53 Å². The molecular weight excluding hydrogens is 286 g/mol. The summed E-state index contributed by atoms with van der Waals surface area (Å²) in [5.74, 6) is 0.970. The number of nitrogens with one attached hydrogen (secondary N) is 1. The Labute approximate surface area is 129 Å². The van der Waals surface area contributed by atoms with Crippen molar-refractivity contribution in [2.75, 3.05) is 0 Å². The van der Waals surface area contributed by atoms with Crippen LogP contribution < -0.4 is 5.32 Å². The number of aliphatic carboxylic acids is 1. The lowest BCUT2D eigenvalue weighted by Gasteiger charge is -2.25. The minimum Gasteiger partial charge on any atom is -0.479 e. The second-order valence-electron chi connectivity index (χ2n) is 5.67. The number of aliphatic hydroxyl groups excluding tert-OH is 1. The molecule has 3 N–H and O–H groups in total. The van der Waals surface area contributed by atoms with Crippen LogP contribution in [0.5, 0.6) is 0 Å². The lowest BCUT2D eigenvalue weighted by atomic mass is 10.00. The molecule has 1 aromatic carbocycles. The van der Waals surface area contributed by atoms with Crippen molar-refractivity contribution in [3.8, 4) is 12.3 Å². The Bertz CT molecular complexity index is 580. The molecular formula is C16H19NO5. The van der Waals surface area contributed by atoms with E-state index in [-0.39, 0.29) is 0 Å². The fraction of sp³-hybridized carbons (Fsp3) is 0.375. The van der Waals surface area contributed by atoms with Crippen LogP contribution in [0.3, 0.4) is 0 Å². The normalized spacial score (nSPS) is 13.6. The van der Waals surface area contributed by atoms with Crippen molar-refractivity contribution >= 4 is 12.1 Å². The van der Waals surface area contributed by atoms with Crippen LogP contribution in [0.4, 0.5) is 4.79 Å². The molecule has 0 spiro atoms. The highest BCUT2D eigenvalue weighted by molar-refractivity contribution is 5.75. The van der Waals surface area contributed by atoms with E-state index >= 15 is 0 Å². The molecule has 0 bridgehead atoms. The second kappa shape index (κ2) is 6.96. The quantitative estimate of drug-likeness (QED) is 0.736. The number of terminal acetylenes is 1. The molecule has 0 saturated carbocycles. The predicted octanol–water partition coefficient (Wildman–Crippen LogP) is 1.68. The Morgan fingerprint density at radius 1 is 1.27 bits per heavy atom. The van der Waals surface area contributed by atoms with E-state index in [1.165, 1.54) is 0 Å². The minimum absolute atomic E-state index is 0.403. The van der Waals surface area contributed by atoms with Gasteiger partial charge in [-0.15, -0.1) is 6.42 Å². The monoisotopic (exact) mass is 305 g/mol. The summed E-state index contributed by atoms with van der Waals surface area (Å²) >= 11 is 0. The average molecular weight is 305 g/mol. The lowest BCUT2D eigenvalue weighted by Crippen LogP contribution is -2.42. The average Bonchev–Trinajstić information content (AvgIpc) is 2.42. The highest BCUT2D eigenvalue weighted by Crippen LogP contribution is 2.19. The van der Waals surface area contributed by atoms with E-state index in [1.807, 2.05) is 0 Å². The summed E-state index contributed by atoms with van der Waals surface area (Å²) in [5, 5.41) is 21.2. The van der Waals surface area contributed by atoms with Crippen LogP contribution in [0.25, 0.3) is 0 Å². The van der Waals surface area contributed by atoms with Crippen LogP contribution in [0.1, 0.15) is 37.9 Å². The maximum atomic E-state index is 11.8. The van der Waals surface area contributed by atoms with Crippen molar-refractivity contribution in [1.82, 2.24) is 5.32 Å². The fourth-order valence-electron chi connectivity index (χ4n) is 1.71. The molecule has 0 heterocycles. The van der Waals surface area contributed by atoms with E-state index in [0.29, 0.717) is 11.1 Å². The van der Waals surface area contributed by atoms with E-state index in [0.717, 1.165) is 0 Å². The first-order valence-electron chi connectivity index (χ1n) is 6.61. The third kappa shape index (κ3) is 5.11. The van der Waals surface area contributed by atoms with Crippen molar-refractivity contribution in [1.29, 1.82) is 0 Å². The molecule has 0 aromatic heterocycles. The first-order chi connectivity index (χ1) is 10.1. The van der Waals surface area contributed by atoms with Gasteiger partial charge in [-0.3, -0.25) is 0 Å². The molecule has 0 fully saturated rings. The third-order valence-corrected chi connectivity index (χ3v) is 2.68. The molecule has 0 aliphatic carbocycles. The molecule has 0 unspecified atom stereocenters. The van der Waals surface area contributed by atoms with E-state index in [1.54, 1.807) is 45.0 Å². The van der Waals surface area contributed by atoms with Gasteiger partial charge in [0.05, 0.1) is 6.04 Å². The third-order valence-electron chi connectivity index (χ3n) is 2.68. The van der Waals surface area contributed by atoms with Gasteiger partial charge >= 0.3 is 12.1 Å². The maximum Gasteiger partial charge on any atom is 0.408 e. The Hall–Kier alpha value is -2.52. The first-order valence-corrected chi connectivity index (χ1v) is 6.61. The zero-order chi connectivity index (χ0) is 16.9. The number of carbonyl (C=O) groups excluding carboxylic acids is 1. The molecule has 0 aliphatic rings. The van der Waals surface area contributed by atoms with Gasteiger partial charge in [0.15, 0.2) is 6.10 Å². The molecule has 1 amide bonds. The summed E-state index contributed by atoms with van der Waals surface area (Å²) in [6.07, 6.45) is 2.61. The molecule has 6 heteroatoms. The summed E-state index contributed by atoms with van der Waals surface area (Å²) in [5.41, 5.74) is 0.264. The molecule has 1 rings (SSSR count). The van der Waals surface area contributed by atoms with Gasteiger partial charge < -0.3 is 20.3 Å². The number of carboxylic acid groups (broad SMARTS) is 1. The standard InChI is InChI=1S/C16H19NO5/c1-5-10-6-8-11(9-7-10)12(13(18)14(19)20)17-15(21)22-16(2,3)4/h1,6-9,12-13,18H,2-4H3,(H,17,21)(H,19,20)/t12-,13+/m0/s1. The lowest BCUT2D eigenvalue weighted by molar-refractivity contribution is -0.148. The predicted molar refractivity (Wildman–Crippen MR) is 80.1 cm³/mol. The molecule has 0 radical (unpaired) electrons. The zero-order valence-electron chi connectivity index (χ0n) is 12.7. The number of hydrogen-bond acceptors (Lipinski definition) is 4. The van der Waals surface area contributed by atoms with Crippen molar-refractivity contribution in [2.45, 2.75) is 38.5 Å². The van der Waals surface area contributed by atoms with Crippen molar-refractivity contribution in [3.05, 3.63) is 35.4 Å². The number of aliphatic hydroxyl groups is 1.